The number of benzene rings is 1. The standard InChI is InChI=1S/C15H12NOS/c17-14(12-4-2-1-3-5-12)10-16-8-6-13-7-9-18-15(13)11-16/h1-9,11H,10H2/q+1. The summed E-state index contributed by atoms with van der Waals surface area (Å²) in [4.78, 5) is 12.1. The zero-order chi connectivity index (χ0) is 12.4. The molecule has 0 atom stereocenters. The number of hydrogen-bond donors (Lipinski definition) is 0. The minimum absolute atomic E-state index is 0.136. The Kier molecular flexibility index (Phi) is 2.90. The highest BCUT2D eigenvalue weighted by Gasteiger charge is 2.12. The fourth-order valence-electron chi connectivity index (χ4n) is 1.92. The lowest BCUT2D eigenvalue weighted by atomic mass is 10.1. The van der Waals surface area contributed by atoms with Gasteiger partial charge in [-0.3, -0.25) is 4.79 Å². The van der Waals surface area contributed by atoms with Gasteiger partial charge in [-0.25, -0.2) is 0 Å². The van der Waals surface area contributed by atoms with Gasteiger partial charge in [0.15, 0.2) is 12.4 Å². The number of aromatic nitrogens is 1. The average Bonchev–Trinajstić information content (AvgIpc) is 2.87. The predicted octanol–water partition coefficient (Wildman–Crippen LogP) is 3.07. The fraction of sp³-hybridized carbons (Fsp3) is 0.0667. The van der Waals surface area contributed by atoms with E-state index in [0.717, 1.165) is 5.56 Å². The Bertz CT molecular complexity index is 688. The van der Waals surface area contributed by atoms with Crippen LogP contribution in [0.4, 0.5) is 0 Å². The molecule has 0 saturated heterocycles. The summed E-state index contributed by atoms with van der Waals surface area (Å²) < 4.78 is 3.15. The summed E-state index contributed by atoms with van der Waals surface area (Å²) in [6.45, 7) is 0.387. The van der Waals surface area contributed by atoms with Crippen LogP contribution in [0.5, 0.6) is 0 Å². The molecule has 0 aliphatic carbocycles. The third-order valence-corrected chi connectivity index (χ3v) is 3.74. The van der Waals surface area contributed by atoms with Crippen LogP contribution in [0.3, 0.4) is 0 Å². The number of Topliss-reactive ketones (excluding diaryl/α,β-unsaturated/α-hetero) is 1. The Morgan fingerprint density at radius 3 is 2.78 bits per heavy atom. The SMILES string of the molecule is O=C(C[n+]1ccc2ccsc2c1)c1ccccc1. The van der Waals surface area contributed by atoms with Crippen molar-refractivity contribution in [2.75, 3.05) is 0 Å². The van der Waals surface area contributed by atoms with E-state index in [9.17, 15) is 4.79 Å². The molecule has 3 heteroatoms. The van der Waals surface area contributed by atoms with Gasteiger partial charge in [0.05, 0.1) is 4.70 Å². The minimum atomic E-state index is 0.136. The van der Waals surface area contributed by atoms with E-state index >= 15 is 0 Å². The van der Waals surface area contributed by atoms with Crippen molar-refractivity contribution in [1.29, 1.82) is 0 Å². The molecule has 3 rings (SSSR count). The van der Waals surface area contributed by atoms with Gasteiger partial charge in [-0.15, -0.1) is 11.3 Å². The number of ketones is 1. The lowest BCUT2D eigenvalue weighted by molar-refractivity contribution is -0.681. The van der Waals surface area contributed by atoms with Crippen LogP contribution in [0, 0.1) is 0 Å². The van der Waals surface area contributed by atoms with Crippen LogP contribution in [-0.2, 0) is 6.54 Å². The number of nitrogens with zero attached hydrogens (tertiary/aromatic N) is 1. The summed E-state index contributed by atoms with van der Waals surface area (Å²) in [5.74, 6) is 0.136. The summed E-state index contributed by atoms with van der Waals surface area (Å²) in [5.41, 5.74) is 0.760. The van der Waals surface area contributed by atoms with Gasteiger partial charge in [0, 0.05) is 17.0 Å². The Balaban J connectivity index is 1.86. The number of rotatable bonds is 3. The predicted molar refractivity (Wildman–Crippen MR) is 72.8 cm³/mol. The third-order valence-electron chi connectivity index (χ3n) is 2.88. The van der Waals surface area contributed by atoms with Gasteiger partial charge in [0.25, 0.3) is 0 Å². The zero-order valence-corrected chi connectivity index (χ0v) is 10.6. The Morgan fingerprint density at radius 1 is 1.11 bits per heavy atom. The maximum absolute atomic E-state index is 12.1. The van der Waals surface area contributed by atoms with Crippen LogP contribution in [0.2, 0.25) is 0 Å². The highest BCUT2D eigenvalue weighted by molar-refractivity contribution is 7.17. The van der Waals surface area contributed by atoms with E-state index in [1.807, 2.05) is 53.4 Å². The molecular formula is C15H12NOS+. The summed E-state index contributed by atoms with van der Waals surface area (Å²) in [6, 6.07) is 13.5. The summed E-state index contributed by atoms with van der Waals surface area (Å²) >= 11 is 1.69. The van der Waals surface area contributed by atoms with Crippen molar-refractivity contribution in [2.24, 2.45) is 0 Å². The number of carbonyl (C=O) groups excluding carboxylic acids is 1. The van der Waals surface area contributed by atoms with E-state index in [-0.39, 0.29) is 5.78 Å². The van der Waals surface area contributed by atoms with E-state index in [0.29, 0.717) is 6.54 Å². The van der Waals surface area contributed by atoms with Crippen molar-refractivity contribution >= 4 is 27.2 Å². The zero-order valence-electron chi connectivity index (χ0n) is 9.74. The molecule has 0 aliphatic rings. The Morgan fingerprint density at radius 2 is 1.94 bits per heavy atom. The molecule has 2 heterocycles. The molecule has 1 aromatic carbocycles. The first-order valence-corrected chi connectivity index (χ1v) is 6.65. The molecule has 0 fully saturated rings. The second-order valence-corrected chi connectivity index (χ2v) is 5.09. The Labute approximate surface area is 109 Å². The maximum Gasteiger partial charge on any atom is 0.227 e. The Hall–Kier alpha value is -2.00. The van der Waals surface area contributed by atoms with E-state index < -0.39 is 0 Å². The fourth-order valence-corrected chi connectivity index (χ4v) is 2.75. The molecule has 3 aromatic rings. The van der Waals surface area contributed by atoms with Crippen molar-refractivity contribution in [3.63, 3.8) is 0 Å². The van der Waals surface area contributed by atoms with Crippen LogP contribution in [0.25, 0.3) is 10.1 Å². The largest absolute Gasteiger partial charge is 0.287 e. The van der Waals surface area contributed by atoms with Crippen LogP contribution in [-0.4, -0.2) is 5.78 Å². The molecule has 0 amide bonds. The van der Waals surface area contributed by atoms with Gasteiger partial charge >= 0.3 is 0 Å². The van der Waals surface area contributed by atoms with E-state index in [4.69, 9.17) is 0 Å². The van der Waals surface area contributed by atoms with Crippen LogP contribution >= 0.6 is 11.3 Å². The lowest BCUT2D eigenvalue weighted by Crippen LogP contribution is -2.36. The van der Waals surface area contributed by atoms with Crippen LogP contribution in [0.15, 0.2) is 60.2 Å². The molecule has 0 bridgehead atoms. The average molecular weight is 254 g/mol. The molecule has 0 N–H and O–H groups in total. The van der Waals surface area contributed by atoms with Crippen molar-refractivity contribution in [3.8, 4) is 0 Å². The maximum atomic E-state index is 12.1. The van der Waals surface area contributed by atoms with Crippen LogP contribution in [0.1, 0.15) is 10.4 Å². The second-order valence-electron chi connectivity index (χ2n) is 4.15. The van der Waals surface area contributed by atoms with Gasteiger partial charge in [0.1, 0.15) is 0 Å². The first-order valence-electron chi connectivity index (χ1n) is 5.77. The molecule has 0 spiro atoms. The monoisotopic (exact) mass is 254 g/mol. The smallest absolute Gasteiger partial charge is 0.227 e. The van der Waals surface area contributed by atoms with Crippen molar-refractivity contribution in [2.45, 2.75) is 6.54 Å². The van der Waals surface area contributed by atoms with Crippen molar-refractivity contribution in [1.82, 2.24) is 0 Å². The van der Waals surface area contributed by atoms with Crippen molar-refractivity contribution < 1.29 is 9.36 Å². The molecule has 0 unspecified atom stereocenters. The summed E-state index contributed by atoms with van der Waals surface area (Å²) in [7, 11) is 0. The van der Waals surface area contributed by atoms with E-state index in [2.05, 4.69) is 11.4 Å². The minimum Gasteiger partial charge on any atom is -0.287 e. The first-order chi connectivity index (χ1) is 8.83. The summed E-state index contributed by atoms with van der Waals surface area (Å²) in [6.07, 6.45) is 3.98. The molecule has 0 saturated carbocycles. The topological polar surface area (TPSA) is 20.9 Å². The highest BCUT2D eigenvalue weighted by Crippen LogP contribution is 2.17. The number of fused-ring (bicyclic) bond motifs is 1. The number of thiophene rings is 1. The van der Waals surface area contributed by atoms with Gasteiger partial charge in [-0.1, -0.05) is 30.3 Å². The van der Waals surface area contributed by atoms with Crippen molar-refractivity contribution in [3.05, 3.63) is 65.8 Å². The van der Waals surface area contributed by atoms with E-state index in [1.54, 1.807) is 11.3 Å². The number of pyridine rings is 1. The molecule has 0 radical (unpaired) electrons. The first kappa shape index (κ1) is 11.1. The quantitative estimate of drug-likeness (QED) is 0.520. The van der Waals surface area contributed by atoms with Gasteiger partial charge in [-0.05, 0) is 11.4 Å². The molecule has 0 aliphatic heterocycles. The number of hydrogen-bond acceptors (Lipinski definition) is 2. The third kappa shape index (κ3) is 2.17. The molecule has 2 aromatic heterocycles. The van der Waals surface area contributed by atoms with Gasteiger partial charge < -0.3 is 0 Å². The van der Waals surface area contributed by atoms with Gasteiger partial charge in [-0.2, -0.15) is 4.57 Å². The normalized spacial score (nSPS) is 10.7. The van der Waals surface area contributed by atoms with Crippen LogP contribution < -0.4 is 4.57 Å². The summed E-state index contributed by atoms with van der Waals surface area (Å²) in [5, 5.41) is 3.29. The lowest BCUT2D eigenvalue weighted by Gasteiger charge is -1.97. The van der Waals surface area contributed by atoms with E-state index in [1.165, 1.54) is 10.1 Å². The molecule has 2 nitrogen and oxygen atoms in total. The second kappa shape index (κ2) is 4.70. The molecular weight excluding hydrogens is 242 g/mol. The molecule has 18 heavy (non-hydrogen) atoms. The number of carbonyl (C=O) groups is 1. The van der Waals surface area contributed by atoms with Gasteiger partial charge in [0.2, 0.25) is 12.3 Å². The molecule has 88 valence electrons. The highest BCUT2D eigenvalue weighted by atomic mass is 32.1.